The smallest absolute Gasteiger partial charge is 0.0531 e. The van der Waals surface area contributed by atoms with Crippen LogP contribution in [0.2, 0.25) is 0 Å². The van der Waals surface area contributed by atoms with Crippen molar-refractivity contribution in [2.75, 3.05) is 12.8 Å². The summed E-state index contributed by atoms with van der Waals surface area (Å²) in [5.41, 5.74) is 6.13. The maximum atomic E-state index is 11.6. The largest absolute Gasteiger partial charge is 0.399 e. The summed E-state index contributed by atoms with van der Waals surface area (Å²) in [4.78, 5) is 0.630. The van der Waals surface area contributed by atoms with Crippen molar-refractivity contribution in [2.24, 2.45) is 0 Å². The van der Waals surface area contributed by atoms with Crippen molar-refractivity contribution < 1.29 is 4.21 Å². The second kappa shape index (κ2) is 3.16. The van der Waals surface area contributed by atoms with Gasteiger partial charge in [0.1, 0.15) is 0 Å². The highest BCUT2D eigenvalue weighted by atomic mass is 32.2. The number of benzene rings is 1. The summed E-state index contributed by atoms with van der Waals surface area (Å²) in [5, 5.41) is 0. The lowest BCUT2D eigenvalue weighted by Crippen LogP contribution is -2.18. The maximum Gasteiger partial charge on any atom is 0.0531 e. The first-order valence-corrected chi connectivity index (χ1v) is 5.20. The Morgan fingerprint density at radius 1 is 1.58 bits per heavy atom. The monoisotopic (exact) mass is 184 g/mol. The van der Waals surface area contributed by atoms with Gasteiger partial charge < -0.3 is 5.73 Å². The lowest BCUT2D eigenvalue weighted by molar-refractivity contribution is 0.676. The van der Waals surface area contributed by atoms with Gasteiger partial charge in [0.05, 0.1) is 9.71 Å². The Kier molecular flexibility index (Phi) is 2.40. The van der Waals surface area contributed by atoms with Crippen LogP contribution in [0.3, 0.4) is 0 Å². The van der Waals surface area contributed by atoms with E-state index in [4.69, 9.17) is 5.73 Å². The Morgan fingerprint density at radius 2 is 2.25 bits per heavy atom. The van der Waals surface area contributed by atoms with E-state index < -0.39 is 9.71 Å². The molecule has 3 nitrogen and oxygen atoms in total. The SMILES string of the molecule is C=S(=O)(NC)c1cccc(N)c1. The van der Waals surface area contributed by atoms with Crippen LogP contribution < -0.4 is 10.5 Å². The zero-order valence-electron chi connectivity index (χ0n) is 6.91. The van der Waals surface area contributed by atoms with E-state index in [0.29, 0.717) is 10.6 Å². The summed E-state index contributed by atoms with van der Waals surface area (Å²) in [5.74, 6) is 3.56. The molecule has 0 spiro atoms. The van der Waals surface area contributed by atoms with Crippen LogP contribution in [0.5, 0.6) is 0 Å². The molecule has 4 heteroatoms. The van der Waals surface area contributed by atoms with E-state index in [1.807, 2.05) is 0 Å². The minimum atomic E-state index is -2.35. The molecule has 0 heterocycles. The predicted molar refractivity (Wildman–Crippen MR) is 53.4 cm³/mol. The van der Waals surface area contributed by atoms with E-state index in [0.717, 1.165) is 0 Å². The predicted octanol–water partition coefficient (Wildman–Crippen LogP) is 0.478. The zero-order chi connectivity index (χ0) is 9.19. The van der Waals surface area contributed by atoms with E-state index in [9.17, 15) is 4.21 Å². The van der Waals surface area contributed by atoms with Crippen LogP contribution in [0, 0.1) is 0 Å². The van der Waals surface area contributed by atoms with Crippen LogP contribution in [0.4, 0.5) is 5.69 Å². The third kappa shape index (κ3) is 1.78. The van der Waals surface area contributed by atoms with Gasteiger partial charge in [0.15, 0.2) is 0 Å². The first-order chi connectivity index (χ1) is 5.56. The standard InChI is InChI=1S/C8H12N2OS/c1-10-12(2,11)8-5-3-4-7(9)6-8/h3-6H,2,9H2,1H3,(H,10,11). The quantitative estimate of drug-likeness (QED) is 0.519. The third-order valence-corrected chi connectivity index (χ3v) is 3.24. The second-order valence-corrected chi connectivity index (χ2v) is 4.68. The molecule has 0 aromatic heterocycles. The highest BCUT2D eigenvalue weighted by molar-refractivity contribution is 7.98. The van der Waals surface area contributed by atoms with Crippen molar-refractivity contribution in [2.45, 2.75) is 4.90 Å². The number of nitrogen functional groups attached to an aromatic ring is 1. The van der Waals surface area contributed by atoms with E-state index in [2.05, 4.69) is 10.6 Å². The molecule has 3 N–H and O–H groups in total. The number of rotatable bonds is 2. The summed E-state index contributed by atoms with van der Waals surface area (Å²) >= 11 is 0. The van der Waals surface area contributed by atoms with Gasteiger partial charge in [0, 0.05) is 10.6 Å². The van der Waals surface area contributed by atoms with E-state index in [1.54, 1.807) is 31.3 Å². The molecule has 0 saturated heterocycles. The summed E-state index contributed by atoms with van der Waals surface area (Å²) in [7, 11) is -0.741. The number of anilines is 1. The topological polar surface area (TPSA) is 55.1 Å². The Bertz CT molecular complexity index is 370. The molecule has 0 aliphatic carbocycles. The molecule has 0 amide bonds. The Hall–Kier alpha value is -1.00. The fourth-order valence-electron chi connectivity index (χ4n) is 0.838. The van der Waals surface area contributed by atoms with Crippen molar-refractivity contribution in [3.8, 4) is 0 Å². The lowest BCUT2D eigenvalue weighted by Gasteiger charge is -2.07. The molecule has 1 unspecified atom stereocenters. The van der Waals surface area contributed by atoms with Crippen molar-refractivity contribution in [1.82, 2.24) is 4.72 Å². The van der Waals surface area contributed by atoms with Crippen LogP contribution in [0.15, 0.2) is 29.2 Å². The van der Waals surface area contributed by atoms with Gasteiger partial charge in [-0.2, -0.15) is 0 Å². The van der Waals surface area contributed by atoms with Gasteiger partial charge in [-0.1, -0.05) is 6.07 Å². The van der Waals surface area contributed by atoms with Gasteiger partial charge in [-0.25, -0.2) is 8.93 Å². The molecule has 0 radical (unpaired) electrons. The van der Waals surface area contributed by atoms with Crippen LogP contribution in [0.1, 0.15) is 0 Å². The first-order valence-electron chi connectivity index (χ1n) is 3.47. The molecule has 1 aromatic carbocycles. The molecule has 1 rings (SSSR count). The third-order valence-electron chi connectivity index (χ3n) is 1.57. The highest BCUT2D eigenvalue weighted by Crippen LogP contribution is 2.11. The van der Waals surface area contributed by atoms with E-state index in [-0.39, 0.29) is 0 Å². The van der Waals surface area contributed by atoms with Crippen molar-refractivity contribution in [3.63, 3.8) is 0 Å². The van der Waals surface area contributed by atoms with Crippen molar-refractivity contribution >= 4 is 21.3 Å². The minimum Gasteiger partial charge on any atom is -0.399 e. The average molecular weight is 184 g/mol. The molecular formula is C8H12N2OS. The Morgan fingerprint density at radius 3 is 2.75 bits per heavy atom. The normalized spacial score (nSPS) is 15.4. The average Bonchev–Trinajstić information content (AvgIpc) is 2.05. The minimum absolute atomic E-state index is 0.596. The molecule has 0 saturated carbocycles. The van der Waals surface area contributed by atoms with Gasteiger partial charge in [0.25, 0.3) is 0 Å². The lowest BCUT2D eigenvalue weighted by atomic mass is 10.3. The summed E-state index contributed by atoms with van der Waals surface area (Å²) < 4.78 is 14.3. The molecule has 0 fully saturated rings. The summed E-state index contributed by atoms with van der Waals surface area (Å²) in [6.07, 6.45) is 0. The Labute approximate surface area is 72.7 Å². The van der Waals surface area contributed by atoms with Crippen LogP contribution >= 0.6 is 0 Å². The van der Waals surface area contributed by atoms with Gasteiger partial charge in [-0.05, 0) is 31.1 Å². The first kappa shape index (κ1) is 9.09. The molecular weight excluding hydrogens is 172 g/mol. The zero-order valence-corrected chi connectivity index (χ0v) is 7.73. The number of nitrogens with two attached hydrogens (primary N) is 1. The molecule has 0 bridgehead atoms. The number of hydrogen-bond acceptors (Lipinski definition) is 2. The van der Waals surface area contributed by atoms with E-state index in [1.165, 1.54) is 0 Å². The van der Waals surface area contributed by atoms with Crippen LogP contribution in [-0.2, 0) is 9.71 Å². The second-order valence-electron chi connectivity index (χ2n) is 2.45. The fourth-order valence-corrected chi connectivity index (χ4v) is 1.70. The van der Waals surface area contributed by atoms with Crippen molar-refractivity contribution in [3.05, 3.63) is 24.3 Å². The molecule has 66 valence electrons. The highest BCUT2D eigenvalue weighted by Gasteiger charge is 2.03. The molecule has 12 heavy (non-hydrogen) atoms. The molecule has 1 atom stereocenters. The Balaban J connectivity index is 3.21. The summed E-state index contributed by atoms with van der Waals surface area (Å²) in [6.45, 7) is 0. The summed E-state index contributed by atoms with van der Waals surface area (Å²) in [6, 6.07) is 6.90. The fraction of sp³-hybridized carbons (Fsp3) is 0.125. The maximum absolute atomic E-state index is 11.6. The number of hydrogen-bond donors (Lipinski definition) is 2. The van der Waals surface area contributed by atoms with Gasteiger partial charge in [-0.15, -0.1) is 0 Å². The van der Waals surface area contributed by atoms with Crippen LogP contribution in [-0.4, -0.2) is 17.1 Å². The van der Waals surface area contributed by atoms with Gasteiger partial charge in [0.2, 0.25) is 0 Å². The van der Waals surface area contributed by atoms with E-state index >= 15 is 0 Å². The molecule has 1 aromatic rings. The number of nitrogens with one attached hydrogen (secondary N) is 1. The van der Waals surface area contributed by atoms with Gasteiger partial charge >= 0.3 is 0 Å². The van der Waals surface area contributed by atoms with Crippen molar-refractivity contribution in [1.29, 1.82) is 0 Å². The molecule has 0 aliphatic heterocycles. The van der Waals surface area contributed by atoms with Gasteiger partial charge in [-0.3, -0.25) is 0 Å². The molecule has 0 aliphatic rings. The van der Waals surface area contributed by atoms with Crippen LogP contribution in [0.25, 0.3) is 0 Å².